The third-order valence-corrected chi connectivity index (χ3v) is 5.49. The number of anilines is 1. The average Bonchev–Trinajstić information content (AvgIpc) is 2.93. The summed E-state index contributed by atoms with van der Waals surface area (Å²) >= 11 is 0. The van der Waals surface area contributed by atoms with Crippen molar-refractivity contribution < 1.29 is 9.59 Å². The smallest absolute Gasteiger partial charge is 0.238 e. The first-order chi connectivity index (χ1) is 13.1. The van der Waals surface area contributed by atoms with Gasteiger partial charge >= 0.3 is 0 Å². The van der Waals surface area contributed by atoms with Gasteiger partial charge in [0.15, 0.2) is 0 Å². The van der Waals surface area contributed by atoms with Crippen molar-refractivity contribution in [3.05, 3.63) is 29.8 Å². The van der Waals surface area contributed by atoms with E-state index in [1.807, 2.05) is 36.1 Å². The number of aryl methyl sites for hydroxylation is 1. The number of nitrogens with zero attached hydrogens (tertiary/aromatic N) is 3. The molecule has 0 aliphatic carbocycles. The van der Waals surface area contributed by atoms with E-state index in [2.05, 4.69) is 15.1 Å². The van der Waals surface area contributed by atoms with Crippen molar-refractivity contribution in [1.29, 1.82) is 0 Å². The number of piperazine rings is 1. The van der Waals surface area contributed by atoms with E-state index in [-0.39, 0.29) is 11.8 Å². The number of likely N-dealkylation sites (tertiary alicyclic amines) is 1. The highest BCUT2D eigenvalue weighted by molar-refractivity contribution is 5.92. The lowest BCUT2D eigenvalue weighted by Gasteiger charge is -2.35. The molecule has 0 atom stereocenters. The van der Waals surface area contributed by atoms with Crippen molar-refractivity contribution in [3.8, 4) is 0 Å². The fourth-order valence-electron chi connectivity index (χ4n) is 3.78. The van der Waals surface area contributed by atoms with Crippen molar-refractivity contribution in [2.75, 3.05) is 57.7 Å². The fourth-order valence-corrected chi connectivity index (χ4v) is 3.78. The minimum atomic E-state index is 0.00296. The number of rotatable bonds is 5. The Hall–Kier alpha value is -1.92. The second-order valence-electron chi connectivity index (χ2n) is 7.76. The molecule has 3 rings (SSSR count). The van der Waals surface area contributed by atoms with Crippen molar-refractivity contribution in [2.45, 2.75) is 32.6 Å². The molecule has 148 valence electrons. The fraction of sp³-hybridized carbons (Fsp3) is 0.619. The molecular formula is C21H32N4O2. The van der Waals surface area contributed by atoms with Crippen molar-refractivity contribution in [2.24, 2.45) is 0 Å². The number of hydrogen-bond acceptors (Lipinski definition) is 4. The van der Waals surface area contributed by atoms with Crippen molar-refractivity contribution >= 4 is 17.5 Å². The van der Waals surface area contributed by atoms with Gasteiger partial charge in [0.05, 0.1) is 13.1 Å². The largest absolute Gasteiger partial charge is 0.339 e. The van der Waals surface area contributed by atoms with Gasteiger partial charge < -0.3 is 10.2 Å². The summed E-state index contributed by atoms with van der Waals surface area (Å²) in [6, 6.07) is 7.83. The average molecular weight is 373 g/mol. The van der Waals surface area contributed by atoms with Crippen LogP contribution in [0.2, 0.25) is 0 Å². The molecule has 0 aromatic heterocycles. The van der Waals surface area contributed by atoms with E-state index in [1.165, 1.54) is 31.2 Å². The zero-order valence-electron chi connectivity index (χ0n) is 16.5. The monoisotopic (exact) mass is 372 g/mol. The summed E-state index contributed by atoms with van der Waals surface area (Å²) in [7, 11) is 0. The first-order valence-electron chi connectivity index (χ1n) is 10.2. The van der Waals surface area contributed by atoms with Crippen molar-refractivity contribution in [3.63, 3.8) is 0 Å². The summed E-state index contributed by atoms with van der Waals surface area (Å²) < 4.78 is 0. The van der Waals surface area contributed by atoms with Crippen LogP contribution in [0.4, 0.5) is 5.69 Å². The Balaban J connectivity index is 1.38. The summed E-state index contributed by atoms with van der Waals surface area (Å²) in [4.78, 5) is 31.2. The second-order valence-corrected chi connectivity index (χ2v) is 7.76. The first-order valence-corrected chi connectivity index (χ1v) is 10.2. The van der Waals surface area contributed by atoms with Gasteiger partial charge in [-0.3, -0.25) is 19.4 Å². The molecule has 0 saturated carbocycles. The topological polar surface area (TPSA) is 55.9 Å². The Labute approximate surface area is 162 Å². The first kappa shape index (κ1) is 19.8. The standard InChI is InChI=1S/C21H32N4O2/c1-18-6-8-19(9-7-18)22-20(26)16-24-12-14-25(15-13-24)21(27)17-23-10-4-2-3-5-11-23/h6-9H,2-5,10-17H2,1H3,(H,22,26). The molecule has 2 heterocycles. The van der Waals surface area contributed by atoms with E-state index < -0.39 is 0 Å². The minimum Gasteiger partial charge on any atom is -0.339 e. The Morgan fingerprint density at radius 1 is 0.815 bits per heavy atom. The van der Waals surface area contributed by atoms with Crippen LogP contribution in [-0.4, -0.2) is 78.9 Å². The highest BCUT2D eigenvalue weighted by atomic mass is 16.2. The quantitative estimate of drug-likeness (QED) is 0.858. The van der Waals surface area contributed by atoms with Crippen LogP contribution in [0.15, 0.2) is 24.3 Å². The molecule has 1 aromatic rings. The highest BCUT2D eigenvalue weighted by Gasteiger charge is 2.24. The van der Waals surface area contributed by atoms with Crippen LogP contribution in [-0.2, 0) is 9.59 Å². The lowest BCUT2D eigenvalue weighted by atomic mass is 10.2. The van der Waals surface area contributed by atoms with E-state index in [1.54, 1.807) is 0 Å². The second kappa shape index (κ2) is 9.85. The van der Waals surface area contributed by atoms with E-state index in [0.717, 1.165) is 31.9 Å². The number of carbonyl (C=O) groups excluding carboxylic acids is 2. The summed E-state index contributed by atoms with van der Waals surface area (Å²) in [6.07, 6.45) is 4.98. The molecule has 0 bridgehead atoms. The molecule has 1 N–H and O–H groups in total. The molecule has 0 unspecified atom stereocenters. The third kappa shape index (κ3) is 6.33. The van der Waals surface area contributed by atoms with E-state index >= 15 is 0 Å². The Morgan fingerprint density at radius 2 is 1.41 bits per heavy atom. The summed E-state index contributed by atoms with van der Waals surface area (Å²) in [6.45, 7) is 7.99. The van der Waals surface area contributed by atoms with Gasteiger partial charge in [0, 0.05) is 31.9 Å². The summed E-state index contributed by atoms with van der Waals surface area (Å²) in [5.74, 6) is 0.240. The lowest BCUT2D eigenvalue weighted by Crippen LogP contribution is -2.52. The number of amides is 2. The summed E-state index contributed by atoms with van der Waals surface area (Å²) in [5.41, 5.74) is 2.01. The molecule has 6 nitrogen and oxygen atoms in total. The number of benzene rings is 1. The molecule has 2 aliphatic rings. The molecule has 2 fully saturated rings. The maximum Gasteiger partial charge on any atom is 0.238 e. The maximum absolute atomic E-state index is 12.6. The normalized spacial score (nSPS) is 19.5. The van der Waals surface area contributed by atoms with E-state index in [4.69, 9.17) is 0 Å². The SMILES string of the molecule is Cc1ccc(NC(=O)CN2CCN(C(=O)CN3CCCCCC3)CC2)cc1. The summed E-state index contributed by atoms with van der Waals surface area (Å²) in [5, 5.41) is 2.94. The highest BCUT2D eigenvalue weighted by Crippen LogP contribution is 2.11. The Kier molecular flexibility index (Phi) is 7.24. The molecule has 27 heavy (non-hydrogen) atoms. The minimum absolute atomic E-state index is 0.00296. The van der Waals surface area contributed by atoms with Crippen LogP contribution in [0, 0.1) is 6.92 Å². The van der Waals surface area contributed by atoms with Crippen LogP contribution >= 0.6 is 0 Å². The maximum atomic E-state index is 12.6. The van der Waals surface area contributed by atoms with Gasteiger partial charge in [-0.1, -0.05) is 30.5 Å². The van der Waals surface area contributed by atoms with Gasteiger partial charge in [-0.2, -0.15) is 0 Å². The van der Waals surface area contributed by atoms with Crippen LogP contribution in [0.3, 0.4) is 0 Å². The molecule has 6 heteroatoms. The molecule has 2 saturated heterocycles. The van der Waals surface area contributed by atoms with Crippen LogP contribution < -0.4 is 5.32 Å². The number of hydrogen-bond donors (Lipinski definition) is 1. The van der Waals surface area contributed by atoms with Gasteiger partial charge in [0.25, 0.3) is 0 Å². The molecule has 0 radical (unpaired) electrons. The van der Waals surface area contributed by atoms with Gasteiger partial charge in [-0.25, -0.2) is 0 Å². The predicted molar refractivity (Wildman–Crippen MR) is 108 cm³/mol. The number of nitrogens with one attached hydrogen (secondary N) is 1. The Bertz CT molecular complexity index is 616. The third-order valence-electron chi connectivity index (χ3n) is 5.49. The molecule has 0 spiro atoms. The van der Waals surface area contributed by atoms with Crippen LogP contribution in [0.5, 0.6) is 0 Å². The zero-order chi connectivity index (χ0) is 19.1. The van der Waals surface area contributed by atoms with E-state index in [9.17, 15) is 9.59 Å². The lowest BCUT2D eigenvalue weighted by molar-refractivity contribution is -0.134. The number of carbonyl (C=O) groups is 2. The predicted octanol–water partition coefficient (Wildman–Crippen LogP) is 1.95. The van der Waals surface area contributed by atoms with Crippen molar-refractivity contribution in [1.82, 2.24) is 14.7 Å². The molecule has 2 amide bonds. The molecular weight excluding hydrogens is 340 g/mol. The van der Waals surface area contributed by atoms with Gasteiger partial charge in [-0.05, 0) is 45.0 Å². The van der Waals surface area contributed by atoms with Crippen LogP contribution in [0.25, 0.3) is 0 Å². The Morgan fingerprint density at radius 3 is 2.04 bits per heavy atom. The van der Waals surface area contributed by atoms with Gasteiger partial charge in [0.1, 0.15) is 0 Å². The molecule has 2 aliphatic heterocycles. The van der Waals surface area contributed by atoms with Gasteiger partial charge in [0.2, 0.25) is 11.8 Å². The zero-order valence-corrected chi connectivity index (χ0v) is 16.5. The molecule has 1 aromatic carbocycles. The van der Waals surface area contributed by atoms with Gasteiger partial charge in [-0.15, -0.1) is 0 Å². The van der Waals surface area contributed by atoms with Crippen LogP contribution in [0.1, 0.15) is 31.2 Å². The van der Waals surface area contributed by atoms with E-state index in [0.29, 0.717) is 26.2 Å².